The Morgan fingerprint density at radius 2 is 1.30 bits per heavy atom. The van der Waals surface area contributed by atoms with Crippen LogP contribution in [0.2, 0.25) is 0 Å². The highest BCUT2D eigenvalue weighted by Gasteiger charge is 2.55. The maximum Gasteiger partial charge on any atom is 0.234 e. The SMILES string of the molecule is CC(=O)C1=NN(c2ccc(Br)cc2)[C@@]2(S1)c1ccccc1C(c1ccc(Br)cc1)=NN2c1ccccc1. The molecular formula is C29H20Br2N4OS. The van der Waals surface area contributed by atoms with Gasteiger partial charge in [-0.05, 0) is 60.3 Å². The third-order valence-corrected chi connectivity index (χ3v) is 8.70. The molecule has 0 unspecified atom stereocenters. The molecule has 8 heteroatoms. The van der Waals surface area contributed by atoms with Crippen molar-refractivity contribution in [2.75, 3.05) is 10.0 Å². The number of Topliss-reactive ketones (excluding diaryl/α,β-unsaturated/α-hetero) is 1. The number of carbonyl (C=O) groups is 1. The highest BCUT2D eigenvalue weighted by Crippen LogP contribution is 2.55. The van der Waals surface area contributed by atoms with E-state index in [1.165, 1.54) is 11.8 Å². The Morgan fingerprint density at radius 3 is 1.97 bits per heavy atom. The number of halogens is 2. The van der Waals surface area contributed by atoms with Gasteiger partial charge in [-0.3, -0.25) is 4.79 Å². The van der Waals surface area contributed by atoms with Crippen molar-refractivity contribution >= 4 is 71.5 Å². The number of fused-ring (bicyclic) bond motifs is 2. The van der Waals surface area contributed by atoms with Crippen LogP contribution >= 0.6 is 43.6 Å². The van der Waals surface area contributed by atoms with E-state index in [1.807, 2.05) is 88.9 Å². The van der Waals surface area contributed by atoms with Crippen LogP contribution in [0, 0.1) is 0 Å². The third kappa shape index (κ3) is 4.13. The first kappa shape index (κ1) is 24.2. The van der Waals surface area contributed by atoms with Crippen molar-refractivity contribution < 1.29 is 4.79 Å². The topological polar surface area (TPSA) is 48.3 Å². The van der Waals surface area contributed by atoms with Crippen LogP contribution < -0.4 is 10.0 Å². The second-order valence-electron chi connectivity index (χ2n) is 8.61. The van der Waals surface area contributed by atoms with E-state index in [2.05, 4.69) is 56.1 Å². The minimum atomic E-state index is -0.953. The summed E-state index contributed by atoms with van der Waals surface area (Å²) in [5, 5.41) is 14.5. The molecule has 6 rings (SSSR count). The van der Waals surface area contributed by atoms with E-state index in [0.717, 1.165) is 42.7 Å². The summed E-state index contributed by atoms with van der Waals surface area (Å²) in [5.74, 6) is -0.0860. The molecule has 0 N–H and O–H groups in total. The van der Waals surface area contributed by atoms with Crippen LogP contribution in [0.15, 0.2) is 122 Å². The van der Waals surface area contributed by atoms with Gasteiger partial charge < -0.3 is 0 Å². The number of nitrogens with zero attached hydrogens (tertiary/aromatic N) is 4. The normalized spacial score (nSPS) is 18.5. The highest BCUT2D eigenvalue weighted by molar-refractivity contribution is 9.10. The van der Waals surface area contributed by atoms with Crippen molar-refractivity contribution in [2.45, 2.75) is 11.9 Å². The molecule has 1 spiro atoms. The first-order valence-corrected chi connectivity index (χ1v) is 14.0. The van der Waals surface area contributed by atoms with Gasteiger partial charge in [0, 0.05) is 32.6 Å². The summed E-state index contributed by atoms with van der Waals surface area (Å²) in [6, 6.07) is 34.4. The number of thioether (sulfide) groups is 1. The summed E-state index contributed by atoms with van der Waals surface area (Å²) < 4.78 is 1.97. The van der Waals surface area contributed by atoms with Crippen LogP contribution in [-0.2, 0) is 9.79 Å². The molecule has 182 valence electrons. The molecule has 0 fully saturated rings. The standard InChI is InChI=1S/C29H20Br2N4OS/c1-19(36)28-33-35(24-17-15-22(31)16-18-24)29(37-28)26-10-6-5-9-25(26)27(20-11-13-21(30)14-12-20)32-34(29)23-7-3-2-4-8-23/h2-18H,1H3/t29-/m1/s1. The molecule has 0 bridgehead atoms. The molecule has 2 aliphatic heterocycles. The monoisotopic (exact) mass is 630 g/mol. The molecule has 2 heterocycles. The van der Waals surface area contributed by atoms with Gasteiger partial charge in [-0.15, -0.1) is 0 Å². The van der Waals surface area contributed by atoms with Gasteiger partial charge in [-0.25, -0.2) is 10.0 Å². The van der Waals surface area contributed by atoms with E-state index in [1.54, 1.807) is 6.92 Å². The van der Waals surface area contributed by atoms with Gasteiger partial charge in [0.1, 0.15) is 0 Å². The molecule has 0 radical (unpaired) electrons. The summed E-state index contributed by atoms with van der Waals surface area (Å²) in [5.41, 5.74) is 5.58. The smallest absolute Gasteiger partial charge is 0.234 e. The molecule has 37 heavy (non-hydrogen) atoms. The van der Waals surface area contributed by atoms with Crippen molar-refractivity contribution in [3.8, 4) is 0 Å². The van der Waals surface area contributed by atoms with E-state index < -0.39 is 4.99 Å². The van der Waals surface area contributed by atoms with Crippen LogP contribution in [0.5, 0.6) is 0 Å². The maximum atomic E-state index is 12.7. The highest BCUT2D eigenvalue weighted by atomic mass is 79.9. The average Bonchev–Trinajstić information content (AvgIpc) is 3.32. The maximum absolute atomic E-state index is 12.7. The largest absolute Gasteiger partial charge is 0.292 e. The van der Waals surface area contributed by atoms with E-state index in [9.17, 15) is 4.79 Å². The number of anilines is 2. The minimum absolute atomic E-state index is 0.0860. The molecule has 0 aromatic heterocycles. The first-order valence-electron chi connectivity index (χ1n) is 11.6. The van der Waals surface area contributed by atoms with Crippen LogP contribution in [0.1, 0.15) is 23.6 Å². The van der Waals surface area contributed by atoms with E-state index in [-0.39, 0.29) is 5.78 Å². The Kier molecular flexibility index (Phi) is 6.26. The minimum Gasteiger partial charge on any atom is -0.292 e. The fourth-order valence-corrected chi connectivity index (χ4v) is 6.37. The number of carbonyl (C=O) groups excluding carboxylic acids is 1. The zero-order valence-corrected chi connectivity index (χ0v) is 23.7. The lowest BCUT2D eigenvalue weighted by Gasteiger charge is -2.47. The summed E-state index contributed by atoms with van der Waals surface area (Å²) in [7, 11) is 0. The lowest BCUT2D eigenvalue weighted by molar-refractivity contribution is -0.110. The Bertz CT molecular complexity index is 1560. The molecule has 5 nitrogen and oxygen atoms in total. The predicted octanol–water partition coefficient (Wildman–Crippen LogP) is 7.75. The zero-order valence-electron chi connectivity index (χ0n) is 19.7. The van der Waals surface area contributed by atoms with Crippen molar-refractivity contribution in [2.24, 2.45) is 10.2 Å². The van der Waals surface area contributed by atoms with Gasteiger partial charge in [0.15, 0.2) is 10.8 Å². The Balaban J connectivity index is 1.66. The Morgan fingerprint density at radius 1 is 0.730 bits per heavy atom. The number of ketones is 1. The number of para-hydroxylation sites is 1. The van der Waals surface area contributed by atoms with E-state index >= 15 is 0 Å². The predicted molar refractivity (Wildman–Crippen MR) is 159 cm³/mol. The van der Waals surface area contributed by atoms with Crippen molar-refractivity contribution in [3.05, 3.63) is 129 Å². The number of rotatable bonds is 4. The number of benzene rings is 4. The Hall–Kier alpha value is -3.20. The van der Waals surface area contributed by atoms with Gasteiger partial charge >= 0.3 is 0 Å². The average molecular weight is 632 g/mol. The van der Waals surface area contributed by atoms with Gasteiger partial charge in [0.25, 0.3) is 0 Å². The zero-order chi connectivity index (χ0) is 25.6. The summed E-state index contributed by atoms with van der Waals surface area (Å²) >= 11 is 8.51. The number of hydrazone groups is 2. The number of hydrogen-bond donors (Lipinski definition) is 0. The molecule has 0 saturated carbocycles. The van der Waals surface area contributed by atoms with E-state index in [4.69, 9.17) is 10.2 Å². The molecule has 4 aromatic rings. The molecule has 4 aromatic carbocycles. The third-order valence-electron chi connectivity index (χ3n) is 6.23. The summed E-state index contributed by atoms with van der Waals surface area (Å²) in [6.45, 7) is 1.56. The number of hydrogen-bond acceptors (Lipinski definition) is 6. The van der Waals surface area contributed by atoms with Crippen molar-refractivity contribution in [1.29, 1.82) is 0 Å². The lowest BCUT2D eigenvalue weighted by Crippen LogP contribution is -2.54. The second-order valence-corrected chi connectivity index (χ2v) is 11.6. The molecule has 0 amide bonds. The molecule has 2 aliphatic rings. The van der Waals surface area contributed by atoms with E-state index in [0.29, 0.717) is 5.04 Å². The lowest BCUT2D eigenvalue weighted by atomic mass is 9.93. The van der Waals surface area contributed by atoms with Gasteiger partial charge in [-0.1, -0.05) is 86.5 Å². The summed E-state index contributed by atoms with van der Waals surface area (Å²) in [6.07, 6.45) is 0. The molecule has 0 aliphatic carbocycles. The Labute approximate surface area is 236 Å². The fraction of sp³-hybridized carbons (Fsp3) is 0.0690. The van der Waals surface area contributed by atoms with Gasteiger partial charge in [0.2, 0.25) is 4.99 Å². The molecule has 0 saturated heterocycles. The van der Waals surface area contributed by atoms with Crippen LogP contribution in [-0.4, -0.2) is 16.5 Å². The fourth-order valence-electron chi connectivity index (χ4n) is 4.55. The van der Waals surface area contributed by atoms with Crippen LogP contribution in [0.25, 0.3) is 0 Å². The van der Waals surface area contributed by atoms with Crippen LogP contribution in [0.4, 0.5) is 11.4 Å². The molecule has 1 atom stereocenters. The quantitative estimate of drug-likeness (QED) is 0.231. The van der Waals surface area contributed by atoms with Crippen molar-refractivity contribution in [1.82, 2.24) is 0 Å². The second kappa shape index (κ2) is 9.59. The first-order chi connectivity index (χ1) is 18.0. The van der Waals surface area contributed by atoms with Crippen LogP contribution in [0.3, 0.4) is 0 Å². The van der Waals surface area contributed by atoms with Gasteiger partial charge in [0.05, 0.1) is 17.1 Å². The molecular weight excluding hydrogens is 612 g/mol. The summed E-state index contributed by atoms with van der Waals surface area (Å²) in [4.78, 5) is 11.8. The van der Waals surface area contributed by atoms with Gasteiger partial charge in [-0.2, -0.15) is 10.2 Å². The van der Waals surface area contributed by atoms with Crippen molar-refractivity contribution in [3.63, 3.8) is 0 Å².